The van der Waals surface area contributed by atoms with Gasteiger partial charge in [0.25, 0.3) is 0 Å². The summed E-state index contributed by atoms with van der Waals surface area (Å²) < 4.78 is 0. The SMILES string of the molecule is CCCc1nc(NCC)cc(N2CCC(C)C2)n1. The number of hydrogen-bond donors (Lipinski definition) is 1. The van der Waals surface area contributed by atoms with Crippen LogP contribution in [0.1, 0.15) is 39.4 Å². The molecular weight excluding hydrogens is 224 g/mol. The van der Waals surface area contributed by atoms with Crippen LogP contribution in [0.5, 0.6) is 0 Å². The molecule has 1 aromatic heterocycles. The van der Waals surface area contributed by atoms with E-state index in [9.17, 15) is 0 Å². The van der Waals surface area contributed by atoms with Gasteiger partial charge in [-0.15, -0.1) is 0 Å². The van der Waals surface area contributed by atoms with Crippen LogP contribution < -0.4 is 10.2 Å². The summed E-state index contributed by atoms with van der Waals surface area (Å²) in [5.74, 6) is 3.79. The van der Waals surface area contributed by atoms with Gasteiger partial charge in [-0.25, -0.2) is 9.97 Å². The average molecular weight is 248 g/mol. The minimum atomic E-state index is 0.775. The number of aromatic nitrogens is 2. The summed E-state index contributed by atoms with van der Waals surface area (Å²) in [5, 5.41) is 3.30. The molecule has 18 heavy (non-hydrogen) atoms. The molecule has 1 unspecified atom stereocenters. The molecule has 2 heterocycles. The van der Waals surface area contributed by atoms with Crippen molar-refractivity contribution < 1.29 is 0 Å². The Morgan fingerprint density at radius 3 is 2.83 bits per heavy atom. The zero-order valence-corrected chi connectivity index (χ0v) is 11.7. The molecule has 1 saturated heterocycles. The van der Waals surface area contributed by atoms with Crippen molar-refractivity contribution in [2.24, 2.45) is 5.92 Å². The fraction of sp³-hybridized carbons (Fsp3) is 0.714. The molecule has 0 radical (unpaired) electrons. The maximum atomic E-state index is 4.70. The molecule has 4 nitrogen and oxygen atoms in total. The van der Waals surface area contributed by atoms with Crippen LogP contribution in [-0.4, -0.2) is 29.6 Å². The van der Waals surface area contributed by atoms with Gasteiger partial charge in [0.15, 0.2) is 0 Å². The monoisotopic (exact) mass is 248 g/mol. The van der Waals surface area contributed by atoms with E-state index in [1.807, 2.05) is 0 Å². The summed E-state index contributed by atoms with van der Waals surface area (Å²) in [7, 11) is 0. The Morgan fingerprint density at radius 2 is 2.22 bits per heavy atom. The van der Waals surface area contributed by atoms with Crippen molar-refractivity contribution in [3.63, 3.8) is 0 Å². The Bertz CT molecular complexity index is 367. The second-order valence-corrected chi connectivity index (χ2v) is 5.15. The van der Waals surface area contributed by atoms with Gasteiger partial charge in [-0.2, -0.15) is 0 Å². The first-order valence-corrected chi connectivity index (χ1v) is 7.09. The third kappa shape index (κ3) is 3.12. The average Bonchev–Trinajstić information content (AvgIpc) is 2.76. The van der Waals surface area contributed by atoms with Gasteiger partial charge >= 0.3 is 0 Å². The first-order chi connectivity index (χ1) is 8.72. The van der Waals surface area contributed by atoms with Gasteiger partial charge in [-0.3, -0.25) is 0 Å². The summed E-state index contributed by atoms with van der Waals surface area (Å²) in [6.45, 7) is 9.71. The zero-order chi connectivity index (χ0) is 13.0. The van der Waals surface area contributed by atoms with E-state index in [2.05, 4.69) is 42.0 Å². The molecule has 1 atom stereocenters. The maximum absolute atomic E-state index is 4.70. The molecule has 0 aromatic carbocycles. The summed E-state index contributed by atoms with van der Waals surface area (Å²) in [6, 6.07) is 2.08. The van der Waals surface area contributed by atoms with Crippen molar-refractivity contribution in [1.29, 1.82) is 0 Å². The number of hydrogen-bond acceptors (Lipinski definition) is 4. The molecule has 1 aromatic rings. The minimum absolute atomic E-state index is 0.775. The van der Waals surface area contributed by atoms with Gasteiger partial charge in [-0.05, 0) is 25.7 Å². The van der Waals surface area contributed by atoms with Gasteiger partial charge in [-0.1, -0.05) is 13.8 Å². The molecule has 0 amide bonds. The predicted octanol–water partition coefficient (Wildman–Crippen LogP) is 2.71. The molecule has 1 aliphatic heterocycles. The molecule has 2 rings (SSSR count). The Labute approximate surface area is 110 Å². The van der Waals surface area contributed by atoms with E-state index in [1.54, 1.807) is 0 Å². The van der Waals surface area contributed by atoms with Crippen LogP contribution >= 0.6 is 0 Å². The van der Waals surface area contributed by atoms with Crippen LogP contribution in [-0.2, 0) is 6.42 Å². The first-order valence-electron chi connectivity index (χ1n) is 7.09. The minimum Gasteiger partial charge on any atom is -0.370 e. The summed E-state index contributed by atoms with van der Waals surface area (Å²) in [6.07, 6.45) is 3.31. The Morgan fingerprint density at radius 1 is 1.39 bits per heavy atom. The van der Waals surface area contributed by atoms with Crippen molar-refractivity contribution in [2.45, 2.75) is 40.0 Å². The van der Waals surface area contributed by atoms with Gasteiger partial charge in [0.2, 0.25) is 0 Å². The molecule has 1 N–H and O–H groups in total. The van der Waals surface area contributed by atoms with Crippen LogP contribution in [0.4, 0.5) is 11.6 Å². The lowest BCUT2D eigenvalue weighted by Crippen LogP contribution is -2.21. The largest absolute Gasteiger partial charge is 0.370 e. The van der Waals surface area contributed by atoms with E-state index in [1.165, 1.54) is 6.42 Å². The highest BCUT2D eigenvalue weighted by molar-refractivity contribution is 5.50. The Hall–Kier alpha value is -1.32. The lowest BCUT2D eigenvalue weighted by molar-refractivity contribution is 0.658. The topological polar surface area (TPSA) is 41.1 Å². The van der Waals surface area contributed by atoms with E-state index in [0.717, 1.165) is 55.9 Å². The van der Waals surface area contributed by atoms with Crippen molar-refractivity contribution in [3.05, 3.63) is 11.9 Å². The van der Waals surface area contributed by atoms with Crippen molar-refractivity contribution in [3.8, 4) is 0 Å². The third-order valence-electron chi connectivity index (χ3n) is 3.34. The number of rotatable bonds is 5. The lowest BCUT2D eigenvalue weighted by atomic mass is 10.2. The summed E-state index contributed by atoms with van der Waals surface area (Å²) in [4.78, 5) is 11.6. The molecular formula is C14H24N4. The first kappa shape index (κ1) is 13.1. The number of aryl methyl sites for hydroxylation is 1. The third-order valence-corrected chi connectivity index (χ3v) is 3.34. The van der Waals surface area contributed by atoms with Crippen LogP contribution in [0.15, 0.2) is 6.07 Å². The highest BCUT2D eigenvalue weighted by atomic mass is 15.2. The van der Waals surface area contributed by atoms with E-state index in [4.69, 9.17) is 4.98 Å². The van der Waals surface area contributed by atoms with E-state index in [0.29, 0.717) is 0 Å². The van der Waals surface area contributed by atoms with Gasteiger partial charge in [0.05, 0.1) is 0 Å². The fourth-order valence-corrected chi connectivity index (χ4v) is 2.40. The Balaban J connectivity index is 2.21. The molecule has 1 aliphatic rings. The second-order valence-electron chi connectivity index (χ2n) is 5.15. The highest BCUT2D eigenvalue weighted by Crippen LogP contribution is 2.23. The molecule has 0 aliphatic carbocycles. The highest BCUT2D eigenvalue weighted by Gasteiger charge is 2.20. The smallest absolute Gasteiger partial charge is 0.134 e. The number of nitrogens with one attached hydrogen (secondary N) is 1. The van der Waals surface area contributed by atoms with Crippen molar-refractivity contribution >= 4 is 11.6 Å². The van der Waals surface area contributed by atoms with Crippen LogP contribution in [0.2, 0.25) is 0 Å². The van der Waals surface area contributed by atoms with Gasteiger partial charge in [0, 0.05) is 32.1 Å². The second kappa shape index (κ2) is 6.03. The molecule has 0 spiro atoms. The van der Waals surface area contributed by atoms with Gasteiger partial charge in [0.1, 0.15) is 17.5 Å². The van der Waals surface area contributed by atoms with Crippen LogP contribution in [0.3, 0.4) is 0 Å². The quantitative estimate of drug-likeness (QED) is 0.870. The van der Waals surface area contributed by atoms with E-state index in [-0.39, 0.29) is 0 Å². The molecule has 1 fully saturated rings. The van der Waals surface area contributed by atoms with Crippen molar-refractivity contribution in [2.75, 3.05) is 29.9 Å². The van der Waals surface area contributed by atoms with Gasteiger partial charge < -0.3 is 10.2 Å². The fourth-order valence-electron chi connectivity index (χ4n) is 2.40. The predicted molar refractivity (Wildman–Crippen MR) is 76.2 cm³/mol. The summed E-state index contributed by atoms with van der Waals surface area (Å²) in [5.41, 5.74) is 0. The molecule has 0 bridgehead atoms. The van der Waals surface area contributed by atoms with Crippen molar-refractivity contribution in [1.82, 2.24) is 9.97 Å². The van der Waals surface area contributed by atoms with Crippen LogP contribution in [0.25, 0.3) is 0 Å². The van der Waals surface area contributed by atoms with E-state index < -0.39 is 0 Å². The van der Waals surface area contributed by atoms with Crippen LogP contribution in [0, 0.1) is 5.92 Å². The normalized spacial score (nSPS) is 19.3. The lowest BCUT2D eigenvalue weighted by Gasteiger charge is -2.18. The number of nitrogens with zero attached hydrogens (tertiary/aromatic N) is 3. The molecule has 100 valence electrons. The molecule has 4 heteroatoms. The summed E-state index contributed by atoms with van der Waals surface area (Å²) >= 11 is 0. The van der Waals surface area contributed by atoms with E-state index >= 15 is 0 Å². The standard InChI is InChI=1S/C14H24N4/c1-4-6-12-16-13(15-5-2)9-14(17-12)18-8-7-11(3)10-18/h9,11H,4-8,10H2,1-3H3,(H,15,16,17). The molecule has 0 saturated carbocycles. The maximum Gasteiger partial charge on any atom is 0.134 e. The number of anilines is 2. The Kier molecular flexibility index (Phi) is 4.39. The zero-order valence-electron chi connectivity index (χ0n) is 11.7.